The van der Waals surface area contributed by atoms with Crippen molar-refractivity contribution in [1.29, 1.82) is 0 Å². The second-order valence-corrected chi connectivity index (χ2v) is 5.90. The first-order chi connectivity index (χ1) is 9.56. The molecule has 5 heteroatoms. The van der Waals surface area contributed by atoms with Gasteiger partial charge in [-0.15, -0.1) is 0 Å². The molecular formula is C15H13Br2FO2. The van der Waals surface area contributed by atoms with Gasteiger partial charge in [-0.1, -0.05) is 12.1 Å². The van der Waals surface area contributed by atoms with Gasteiger partial charge in [-0.2, -0.15) is 0 Å². The summed E-state index contributed by atoms with van der Waals surface area (Å²) in [6.07, 6.45) is 0.442. The Hall–Kier alpha value is -1.07. The zero-order valence-corrected chi connectivity index (χ0v) is 14.2. The molecule has 0 saturated carbocycles. The van der Waals surface area contributed by atoms with Crippen molar-refractivity contribution in [1.82, 2.24) is 0 Å². The van der Waals surface area contributed by atoms with Crippen molar-refractivity contribution in [2.75, 3.05) is 14.2 Å². The number of methoxy groups -OCH3 is 2. The number of benzene rings is 2. The molecule has 0 saturated heterocycles. The van der Waals surface area contributed by atoms with Crippen LogP contribution in [0.15, 0.2) is 39.3 Å². The summed E-state index contributed by atoms with van der Waals surface area (Å²) in [5.41, 5.74) is 1.49. The number of ether oxygens (including phenoxy) is 2. The highest BCUT2D eigenvalue weighted by atomic mass is 79.9. The molecule has 0 amide bonds. The molecule has 0 fully saturated rings. The largest absolute Gasteiger partial charge is 0.496 e. The van der Waals surface area contributed by atoms with Crippen LogP contribution in [-0.4, -0.2) is 14.2 Å². The molecule has 2 aromatic carbocycles. The van der Waals surface area contributed by atoms with Gasteiger partial charge >= 0.3 is 0 Å². The number of hydrogen-bond acceptors (Lipinski definition) is 2. The van der Waals surface area contributed by atoms with Gasteiger partial charge in [0.05, 0.1) is 23.2 Å². The summed E-state index contributed by atoms with van der Waals surface area (Å²) in [7, 11) is 3.18. The maximum absolute atomic E-state index is 14.0. The van der Waals surface area contributed by atoms with Gasteiger partial charge in [-0.25, -0.2) is 4.39 Å². The molecule has 2 aromatic rings. The summed E-state index contributed by atoms with van der Waals surface area (Å²) < 4.78 is 25.9. The van der Waals surface area contributed by atoms with Crippen LogP contribution in [0.1, 0.15) is 11.1 Å². The van der Waals surface area contributed by atoms with Crippen molar-refractivity contribution in [3.05, 3.63) is 56.2 Å². The van der Waals surface area contributed by atoms with Crippen LogP contribution in [0.3, 0.4) is 0 Å². The fourth-order valence-corrected chi connectivity index (χ4v) is 2.91. The van der Waals surface area contributed by atoms with Crippen LogP contribution in [0.2, 0.25) is 0 Å². The zero-order valence-electron chi connectivity index (χ0n) is 11.0. The Morgan fingerprint density at radius 3 is 2.30 bits per heavy atom. The molecule has 0 aromatic heterocycles. The molecule has 20 heavy (non-hydrogen) atoms. The van der Waals surface area contributed by atoms with Crippen LogP contribution in [-0.2, 0) is 6.42 Å². The van der Waals surface area contributed by atoms with E-state index in [0.717, 1.165) is 10.0 Å². The van der Waals surface area contributed by atoms with Crippen LogP contribution in [0, 0.1) is 5.82 Å². The fourth-order valence-electron chi connectivity index (χ4n) is 1.95. The van der Waals surface area contributed by atoms with E-state index in [1.54, 1.807) is 32.4 Å². The SMILES string of the molecule is COc1cc(OC)c(Cc2cccc(Br)c2F)cc1Br. The molecule has 0 heterocycles. The normalized spacial score (nSPS) is 10.4. The summed E-state index contributed by atoms with van der Waals surface area (Å²) in [6, 6.07) is 8.93. The topological polar surface area (TPSA) is 18.5 Å². The predicted molar refractivity (Wildman–Crippen MR) is 84.2 cm³/mol. The van der Waals surface area contributed by atoms with Crippen molar-refractivity contribution in [2.24, 2.45) is 0 Å². The van der Waals surface area contributed by atoms with Gasteiger partial charge in [0, 0.05) is 12.5 Å². The molecule has 0 bridgehead atoms. The molecule has 0 aliphatic rings. The molecule has 0 aliphatic carbocycles. The van der Waals surface area contributed by atoms with E-state index in [-0.39, 0.29) is 5.82 Å². The number of hydrogen-bond donors (Lipinski definition) is 0. The maximum atomic E-state index is 14.0. The Bertz CT molecular complexity index is 630. The minimum absolute atomic E-state index is 0.249. The van der Waals surface area contributed by atoms with Crippen LogP contribution in [0.25, 0.3) is 0 Å². The van der Waals surface area contributed by atoms with Crippen LogP contribution >= 0.6 is 31.9 Å². The third kappa shape index (κ3) is 3.15. The molecule has 0 spiro atoms. The van der Waals surface area contributed by atoms with Gasteiger partial charge in [0.2, 0.25) is 0 Å². The second kappa shape index (κ2) is 6.59. The van der Waals surface area contributed by atoms with Crippen molar-refractivity contribution >= 4 is 31.9 Å². The van der Waals surface area contributed by atoms with E-state index in [4.69, 9.17) is 9.47 Å². The van der Waals surface area contributed by atoms with Gasteiger partial charge in [0.25, 0.3) is 0 Å². The number of rotatable bonds is 4. The molecule has 0 atom stereocenters. The minimum Gasteiger partial charge on any atom is -0.496 e. The highest BCUT2D eigenvalue weighted by Crippen LogP contribution is 2.34. The summed E-state index contributed by atoms with van der Waals surface area (Å²) >= 11 is 6.63. The highest BCUT2D eigenvalue weighted by Gasteiger charge is 2.13. The Morgan fingerprint density at radius 1 is 0.950 bits per heavy atom. The van der Waals surface area contributed by atoms with Crippen LogP contribution < -0.4 is 9.47 Å². The summed E-state index contributed by atoms with van der Waals surface area (Å²) in [4.78, 5) is 0. The van der Waals surface area contributed by atoms with E-state index in [1.165, 1.54) is 0 Å². The maximum Gasteiger partial charge on any atom is 0.140 e. The van der Waals surface area contributed by atoms with E-state index in [1.807, 2.05) is 12.1 Å². The molecule has 2 rings (SSSR count). The van der Waals surface area contributed by atoms with E-state index in [9.17, 15) is 4.39 Å². The van der Waals surface area contributed by atoms with E-state index in [0.29, 0.717) is 28.0 Å². The molecule has 106 valence electrons. The fraction of sp³-hybridized carbons (Fsp3) is 0.200. The molecular weight excluding hydrogens is 391 g/mol. The van der Waals surface area contributed by atoms with Gasteiger partial charge in [0.15, 0.2) is 0 Å². The summed E-state index contributed by atoms with van der Waals surface area (Å²) in [5.74, 6) is 1.10. The molecule has 0 radical (unpaired) electrons. The third-order valence-electron chi connectivity index (χ3n) is 2.97. The van der Waals surface area contributed by atoms with Crippen molar-refractivity contribution in [3.8, 4) is 11.5 Å². The van der Waals surface area contributed by atoms with E-state index in [2.05, 4.69) is 31.9 Å². The lowest BCUT2D eigenvalue weighted by Gasteiger charge is -2.13. The Morgan fingerprint density at radius 2 is 1.65 bits per heavy atom. The first-order valence-electron chi connectivity index (χ1n) is 5.90. The van der Waals surface area contributed by atoms with Crippen molar-refractivity contribution in [3.63, 3.8) is 0 Å². The third-order valence-corrected chi connectivity index (χ3v) is 4.20. The Labute approximate surface area is 134 Å². The monoisotopic (exact) mass is 402 g/mol. The Balaban J connectivity index is 2.42. The van der Waals surface area contributed by atoms with Crippen molar-refractivity contribution < 1.29 is 13.9 Å². The first-order valence-corrected chi connectivity index (χ1v) is 7.48. The van der Waals surface area contributed by atoms with Crippen LogP contribution in [0.4, 0.5) is 4.39 Å². The molecule has 0 N–H and O–H groups in total. The van der Waals surface area contributed by atoms with Gasteiger partial charge in [-0.3, -0.25) is 0 Å². The lowest BCUT2D eigenvalue weighted by atomic mass is 10.0. The van der Waals surface area contributed by atoms with E-state index < -0.39 is 0 Å². The molecule has 0 unspecified atom stereocenters. The first kappa shape index (κ1) is 15.3. The average molecular weight is 404 g/mol. The standard InChI is InChI=1S/C15H13Br2FO2/c1-19-13-8-14(20-2)12(17)7-10(13)6-9-4-3-5-11(16)15(9)18/h3-5,7-8H,6H2,1-2H3. The predicted octanol–water partition coefficient (Wildman–Crippen LogP) is 4.96. The van der Waals surface area contributed by atoms with Crippen molar-refractivity contribution in [2.45, 2.75) is 6.42 Å². The zero-order chi connectivity index (χ0) is 14.7. The van der Waals surface area contributed by atoms with Gasteiger partial charge in [0.1, 0.15) is 17.3 Å². The lowest BCUT2D eigenvalue weighted by molar-refractivity contribution is 0.390. The smallest absolute Gasteiger partial charge is 0.140 e. The Kier molecular flexibility index (Phi) is 5.05. The molecule has 2 nitrogen and oxygen atoms in total. The average Bonchev–Trinajstić information content (AvgIpc) is 2.44. The quantitative estimate of drug-likeness (QED) is 0.718. The highest BCUT2D eigenvalue weighted by molar-refractivity contribution is 9.10. The number of halogens is 3. The summed E-state index contributed by atoms with van der Waals surface area (Å²) in [6.45, 7) is 0. The minimum atomic E-state index is -0.249. The van der Waals surface area contributed by atoms with Gasteiger partial charge in [-0.05, 0) is 55.1 Å². The van der Waals surface area contributed by atoms with E-state index >= 15 is 0 Å². The van der Waals surface area contributed by atoms with Crippen LogP contribution in [0.5, 0.6) is 11.5 Å². The second-order valence-electron chi connectivity index (χ2n) is 4.19. The molecule has 0 aliphatic heterocycles. The van der Waals surface area contributed by atoms with Gasteiger partial charge < -0.3 is 9.47 Å². The summed E-state index contributed by atoms with van der Waals surface area (Å²) in [5, 5.41) is 0. The lowest BCUT2D eigenvalue weighted by Crippen LogP contribution is -1.98.